The minimum absolute atomic E-state index is 0.118. The molecule has 1 aliphatic heterocycles. The molecule has 0 radical (unpaired) electrons. The van der Waals surface area contributed by atoms with Crippen LogP contribution in [-0.2, 0) is 6.18 Å². The number of carbonyl (C=O) groups is 2. The lowest BCUT2D eigenvalue weighted by molar-refractivity contribution is -0.141. The summed E-state index contributed by atoms with van der Waals surface area (Å²) in [6.45, 7) is 2.27. The Balaban J connectivity index is 1.36. The van der Waals surface area contributed by atoms with Crippen LogP contribution in [0.4, 0.5) is 38.5 Å². The molecule has 1 saturated heterocycles. The van der Waals surface area contributed by atoms with Gasteiger partial charge in [-0.15, -0.1) is 0 Å². The van der Waals surface area contributed by atoms with Crippen LogP contribution in [0.3, 0.4) is 0 Å². The van der Waals surface area contributed by atoms with E-state index in [0.29, 0.717) is 49.1 Å². The summed E-state index contributed by atoms with van der Waals surface area (Å²) in [5.74, 6) is -1.07. The first kappa shape index (κ1) is 28.3. The van der Waals surface area contributed by atoms with Gasteiger partial charge in [-0.1, -0.05) is 0 Å². The number of amides is 2. The zero-order valence-corrected chi connectivity index (χ0v) is 21.4. The standard InChI is InChI=1S/C24H24F5N7O2S/c1-13-20(23(39-35-13)34-19-11-30-10-17(33-19)24(27,28)29)22(38)32-15-4-2-14(3-5-15)21(37)31-16-6-8-36(9-7-16)12-18(25)26/h2-5,10-11,16,18H,6-9,12H2,1H3,(H,31,37)(H,32,38)(H,33,34). The van der Waals surface area contributed by atoms with Crippen molar-refractivity contribution in [2.45, 2.75) is 38.4 Å². The van der Waals surface area contributed by atoms with Crippen molar-refractivity contribution in [2.75, 3.05) is 30.3 Å². The molecule has 0 atom stereocenters. The molecule has 2 amide bonds. The third-order valence-corrected chi connectivity index (χ3v) is 6.83. The molecule has 1 fully saturated rings. The second kappa shape index (κ2) is 12.0. The Morgan fingerprint density at radius 3 is 2.44 bits per heavy atom. The lowest BCUT2D eigenvalue weighted by atomic mass is 10.0. The Morgan fingerprint density at radius 2 is 1.79 bits per heavy atom. The van der Waals surface area contributed by atoms with Gasteiger partial charge in [0.25, 0.3) is 18.2 Å². The SMILES string of the molecule is Cc1nsc(Nc2cncc(C(F)(F)F)n2)c1C(=O)Nc1ccc(C(=O)NC2CCN(CC(F)F)CC2)cc1. The highest BCUT2D eigenvalue weighted by molar-refractivity contribution is 7.10. The van der Waals surface area contributed by atoms with Crippen molar-refractivity contribution in [1.29, 1.82) is 0 Å². The maximum absolute atomic E-state index is 13.0. The van der Waals surface area contributed by atoms with Crippen molar-refractivity contribution < 1.29 is 31.5 Å². The first-order valence-electron chi connectivity index (χ1n) is 11.8. The van der Waals surface area contributed by atoms with E-state index in [-0.39, 0.29) is 34.9 Å². The fourth-order valence-electron chi connectivity index (χ4n) is 4.02. The van der Waals surface area contributed by atoms with E-state index in [0.717, 1.165) is 17.7 Å². The summed E-state index contributed by atoms with van der Waals surface area (Å²) in [6, 6.07) is 6.03. The maximum Gasteiger partial charge on any atom is 0.434 e. The summed E-state index contributed by atoms with van der Waals surface area (Å²) in [5, 5.41) is 8.46. The third-order valence-electron chi connectivity index (χ3n) is 5.98. The number of alkyl halides is 5. The number of benzene rings is 1. The summed E-state index contributed by atoms with van der Waals surface area (Å²) in [7, 11) is 0. The summed E-state index contributed by atoms with van der Waals surface area (Å²) >= 11 is 0.885. The number of halogens is 5. The Labute approximate surface area is 224 Å². The molecule has 3 aromatic rings. The Morgan fingerprint density at radius 1 is 1.10 bits per heavy atom. The van der Waals surface area contributed by atoms with E-state index in [9.17, 15) is 31.5 Å². The number of rotatable bonds is 8. The summed E-state index contributed by atoms with van der Waals surface area (Å²) in [4.78, 5) is 34.3. The molecule has 15 heteroatoms. The smallest absolute Gasteiger partial charge is 0.349 e. The first-order chi connectivity index (χ1) is 18.5. The fourth-order valence-corrected chi connectivity index (χ4v) is 4.83. The summed E-state index contributed by atoms with van der Waals surface area (Å²) < 4.78 is 68.0. The molecule has 1 aromatic carbocycles. The van der Waals surface area contributed by atoms with Gasteiger partial charge in [0.1, 0.15) is 10.8 Å². The number of anilines is 3. The maximum atomic E-state index is 13.0. The van der Waals surface area contributed by atoms with Crippen molar-refractivity contribution in [3.63, 3.8) is 0 Å². The molecule has 3 heterocycles. The summed E-state index contributed by atoms with van der Waals surface area (Å²) in [6.07, 6.45) is -4.22. The molecule has 0 spiro atoms. The van der Waals surface area contributed by atoms with Crippen molar-refractivity contribution >= 4 is 39.9 Å². The first-order valence-corrected chi connectivity index (χ1v) is 12.6. The number of piperidine rings is 1. The van der Waals surface area contributed by atoms with Crippen LogP contribution in [0.25, 0.3) is 0 Å². The van der Waals surface area contributed by atoms with Crippen LogP contribution < -0.4 is 16.0 Å². The van der Waals surface area contributed by atoms with Gasteiger partial charge in [0, 0.05) is 30.4 Å². The zero-order chi connectivity index (χ0) is 28.2. The van der Waals surface area contributed by atoms with Crippen LogP contribution in [0.1, 0.15) is 44.9 Å². The van der Waals surface area contributed by atoms with Crippen LogP contribution >= 0.6 is 11.5 Å². The molecule has 0 aliphatic carbocycles. The van der Waals surface area contributed by atoms with Crippen molar-refractivity contribution in [3.05, 3.63) is 59.2 Å². The second-order valence-corrected chi connectivity index (χ2v) is 9.63. The van der Waals surface area contributed by atoms with E-state index in [1.807, 2.05) is 0 Å². The fraction of sp³-hybridized carbons (Fsp3) is 0.375. The molecular weight excluding hydrogens is 545 g/mol. The zero-order valence-electron chi connectivity index (χ0n) is 20.6. The van der Waals surface area contributed by atoms with E-state index in [4.69, 9.17) is 0 Å². The molecule has 39 heavy (non-hydrogen) atoms. The molecule has 9 nitrogen and oxygen atoms in total. The van der Waals surface area contributed by atoms with Crippen molar-refractivity contribution in [3.8, 4) is 0 Å². The number of carbonyl (C=O) groups excluding carboxylic acids is 2. The van der Waals surface area contributed by atoms with Gasteiger partial charge in [-0.2, -0.15) is 17.5 Å². The molecule has 208 valence electrons. The third kappa shape index (κ3) is 7.44. The highest BCUT2D eigenvalue weighted by Crippen LogP contribution is 2.31. The van der Waals surface area contributed by atoms with Gasteiger partial charge >= 0.3 is 6.18 Å². The molecule has 0 unspecified atom stereocenters. The lowest BCUT2D eigenvalue weighted by Gasteiger charge is -2.32. The largest absolute Gasteiger partial charge is 0.434 e. The second-order valence-electron chi connectivity index (χ2n) is 8.86. The molecule has 4 rings (SSSR count). The molecule has 2 aromatic heterocycles. The molecular formula is C24H24F5N7O2S. The predicted octanol–water partition coefficient (Wildman–Crippen LogP) is 4.72. The number of aromatic nitrogens is 3. The predicted molar refractivity (Wildman–Crippen MR) is 134 cm³/mol. The minimum atomic E-state index is -4.67. The van der Waals surface area contributed by atoms with Crippen LogP contribution in [0.5, 0.6) is 0 Å². The van der Waals surface area contributed by atoms with Crippen LogP contribution in [-0.4, -0.2) is 63.2 Å². The van der Waals surface area contributed by atoms with Gasteiger partial charge in [0.15, 0.2) is 5.69 Å². The highest BCUT2D eigenvalue weighted by atomic mass is 32.1. The van der Waals surface area contributed by atoms with Crippen LogP contribution in [0.15, 0.2) is 36.7 Å². The number of aryl methyl sites for hydroxylation is 1. The van der Waals surface area contributed by atoms with E-state index in [1.165, 1.54) is 12.1 Å². The Bertz CT molecular complexity index is 1310. The summed E-state index contributed by atoms with van der Waals surface area (Å²) in [5.41, 5.74) is 0.0462. The van der Waals surface area contributed by atoms with Gasteiger partial charge in [-0.3, -0.25) is 19.5 Å². The minimum Gasteiger partial charge on any atom is -0.349 e. The number of likely N-dealkylation sites (tertiary alicyclic amines) is 1. The van der Waals surface area contributed by atoms with Crippen molar-refractivity contribution in [2.24, 2.45) is 0 Å². The highest BCUT2D eigenvalue weighted by Gasteiger charge is 2.33. The van der Waals surface area contributed by atoms with Crippen LogP contribution in [0, 0.1) is 6.92 Å². The Hall–Kier alpha value is -3.72. The quantitative estimate of drug-likeness (QED) is 0.337. The topological polar surface area (TPSA) is 112 Å². The molecule has 3 N–H and O–H groups in total. The van der Waals surface area contributed by atoms with Gasteiger partial charge < -0.3 is 16.0 Å². The lowest BCUT2D eigenvalue weighted by Crippen LogP contribution is -2.45. The van der Waals surface area contributed by atoms with Crippen molar-refractivity contribution in [1.82, 2.24) is 24.6 Å². The number of hydrogen-bond acceptors (Lipinski definition) is 8. The Kier molecular flexibility index (Phi) is 8.70. The normalized spacial score (nSPS) is 14.8. The van der Waals surface area contributed by atoms with Gasteiger partial charge in [-0.05, 0) is 55.6 Å². The van der Waals surface area contributed by atoms with Gasteiger partial charge in [-0.25, -0.2) is 13.8 Å². The average Bonchev–Trinajstić information content (AvgIpc) is 3.24. The van der Waals surface area contributed by atoms with E-state index in [2.05, 4.69) is 30.3 Å². The van der Waals surface area contributed by atoms with E-state index in [1.54, 1.807) is 24.0 Å². The molecule has 0 bridgehead atoms. The monoisotopic (exact) mass is 569 g/mol. The van der Waals surface area contributed by atoms with Gasteiger partial charge in [0.2, 0.25) is 0 Å². The average molecular weight is 570 g/mol. The van der Waals surface area contributed by atoms with E-state index >= 15 is 0 Å². The van der Waals surface area contributed by atoms with Crippen LogP contribution in [0.2, 0.25) is 0 Å². The van der Waals surface area contributed by atoms with Gasteiger partial charge in [0.05, 0.1) is 30.2 Å². The molecule has 1 aliphatic rings. The molecule has 0 saturated carbocycles. The number of nitrogens with zero attached hydrogens (tertiary/aromatic N) is 4. The number of hydrogen-bond donors (Lipinski definition) is 3. The van der Waals surface area contributed by atoms with E-state index < -0.39 is 24.2 Å². The number of nitrogens with one attached hydrogen (secondary N) is 3.